The van der Waals surface area contributed by atoms with E-state index in [1.165, 1.54) is 0 Å². The molecular weight excluding hydrogens is 169 g/mol. The van der Waals surface area contributed by atoms with E-state index in [-0.39, 0.29) is 8.30 Å². The quantitative estimate of drug-likeness (QED) is 0.619. The van der Waals surface area contributed by atoms with Crippen LogP contribution >= 0.6 is 8.30 Å². The summed E-state index contributed by atoms with van der Waals surface area (Å²) in [6, 6.07) is 1.16. The van der Waals surface area contributed by atoms with Crippen LogP contribution in [0.3, 0.4) is 0 Å². The van der Waals surface area contributed by atoms with E-state index in [2.05, 4.69) is 39.3 Å². The SMILES string of the molecule is CCP(OC)N(C(C)C)C(C)C. The zero-order chi connectivity index (χ0) is 9.72. The molecule has 0 aromatic heterocycles. The average molecular weight is 191 g/mol. The van der Waals surface area contributed by atoms with Crippen LogP contribution in [0.1, 0.15) is 34.6 Å². The Balaban J connectivity index is 4.26. The largest absolute Gasteiger partial charge is 0.347 e. The van der Waals surface area contributed by atoms with Gasteiger partial charge in [-0.2, -0.15) is 0 Å². The van der Waals surface area contributed by atoms with E-state index in [9.17, 15) is 0 Å². The summed E-state index contributed by atoms with van der Waals surface area (Å²) in [5.41, 5.74) is 0. The van der Waals surface area contributed by atoms with Crippen molar-refractivity contribution in [2.24, 2.45) is 0 Å². The molecule has 0 heterocycles. The van der Waals surface area contributed by atoms with Crippen LogP contribution in [0.25, 0.3) is 0 Å². The van der Waals surface area contributed by atoms with Crippen LogP contribution in [0.4, 0.5) is 0 Å². The fraction of sp³-hybridized carbons (Fsp3) is 1.00. The lowest BCUT2D eigenvalue weighted by Crippen LogP contribution is -2.33. The molecule has 0 aliphatic rings. The van der Waals surface area contributed by atoms with Crippen molar-refractivity contribution in [3.05, 3.63) is 0 Å². The Morgan fingerprint density at radius 1 is 1.17 bits per heavy atom. The Kier molecular flexibility index (Phi) is 6.08. The lowest BCUT2D eigenvalue weighted by atomic mass is 10.3. The van der Waals surface area contributed by atoms with E-state index >= 15 is 0 Å². The Morgan fingerprint density at radius 2 is 1.58 bits per heavy atom. The van der Waals surface area contributed by atoms with Crippen LogP contribution in [-0.4, -0.2) is 30.0 Å². The highest BCUT2D eigenvalue weighted by atomic mass is 31.2. The molecule has 0 saturated carbocycles. The predicted molar refractivity (Wildman–Crippen MR) is 56.6 cm³/mol. The second kappa shape index (κ2) is 5.90. The second-order valence-corrected chi connectivity index (χ2v) is 5.58. The van der Waals surface area contributed by atoms with Crippen molar-refractivity contribution in [2.45, 2.75) is 46.7 Å². The minimum absolute atomic E-state index is 0.365. The molecule has 2 nitrogen and oxygen atoms in total. The smallest absolute Gasteiger partial charge is 0.104 e. The fourth-order valence-electron chi connectivity index (χ4n) is 1.50. The molecule has 12 heavy (non-hydrogen) atoms. The van der Waals surface area contributed by atoms with Gasteiger partial charge in [0, 0.05) is 25.4 Å². The maximum Gasteiger partial charge on any atom is 0.104 e. The van der Waals surface area contributed by atoms with Gasteiger partial charge < -0.3 is 4.52 Å². The monoisotopic (exact) mass is 191 g/mol. The van der Waals surface area contributed by atoms with Gasteiger partial charge in [0.15, 0.2) is 0 Å². The summed E-state index contributed by atoms with van der Waals surface area (Å²) in [6.45, 7) is 11.1. The van der Waals surface area contributed by atoms with Crippen molar-refractivity contribution in [3.63, 3.8) is 0 Å². The molecule has 0 N–H and O–H groups in total. The van der Waals surface area contributed by atoms with Gasteiger partial charge in [-0.1, -0.05) is 6.92 Å². The molecule has 0 spiro atoms. The van der Waals surface area contributed by atoms with Crippen LogP contribution in [-0.2, 0) is 4.52 Å². The van der Waals surface area contributed by atoms with E-state index in [4.69, 9.17) is 4.52 Å². The molecule has 0 aromatic rings. The number of hydrogen-bond donors (Lipinski definition) is 0. The Morgan fingerprint density at radius 3 is 1.67 bits per heavy atom. The molecule has 1 unspecified atom stereocenters. The first-order chi connectivity index (χ1) is 5.54. The molecule has 0 rings (SSSR count). The molecule has 0 aliphatic heterocycles. The summed E-state index contributed by atoms with van der Waals surface area (Å²) >= 11 is 0. The van der Waals surface area contributed by atoms with Gasteiger partial charge in [0.05, 0.1) is 0 Å². The van der Waals surface area contributed by atoms with E-state index in [0.29, 0.717) is 12.1 Å². The van der Waals surface area contributed by atoms with Gasteiger partial charge in [0.25, 0.3) is 0 Å². The third-order valence-electron chi connectivity index (χ3n) is 1.80. The van der Waals surface area contributed by atoms with Gasteiger partial charge in [-0.25, -0.2) is 0 Å². The number of nitrogens with zero attached hydrogens (tertiary/aromatic N) is 1. The predicted octanol–water partition coefficient (Wildman–Crippen LogP) is 3.08. The molecule has 0 saturated heterocycles. The summed E-state index contributed by atoms with van der Waals surface area (Å²) in [5, 5.41) is 0. The topological polar surface area (TPSA) is 12.5 Å². The summed E-state index contributed by atoms with van der Waals surface area (Å²) in [6.07, 6.45) is 1.11. The molecule has 1 atom stereocenters. The van der Waals surface area contributed by atoms with Gasteiger partial charge >= 0.3 is 0 Å². The van der Waals surface area contributed by atoms with Crippen LogP contribution in [0.2, 0.25) is 0 Å². The summed E-state index contributed by atoms with van der Waals surface area (Å²) in [7, 11) is 1.45. The van der Waals surface area contributed by atoms with Gasteiger partial charge in [0.1, 0.15) is 8.30 Å². The van der Waals surface area contributed by atoms with Crippen LogP contribution in [0.5, 0.6) is 0 Å². The van der Waals surface area contributed by atoms with E-state index in [0.717, 1.165) is 6.16 Å². The van der Waals surface area contributed by atoms with Gasteiger partial charge in [-0.05, 0) is 27.7 Å². The Bertz CT molecular complexity index is 105. The van der Waals surface area contributed by atoms with Crippen molar-refractivity contribution in [3.8, 4) is 0 Å². The van der Waals surface area contributed by atoms with E-state index in [1.54, 1.807) is 0 Å². The fourth-order valence-corrected chi connectivity index (χ4v) is 3.30. The first-order valence-corrected chi connectivity index (χ1v) is 6.04. The highest BCUT2D eigenvalue weighted by Gasteiger charge is 2.22. The van der Waals surface area contributed by atoms with Crippen molar-refractivity contribution in [2.75, 3.05) is 13.3 Å². The molecule has 0 aromatic carbocycles. The zero-order valence-electron chi connectivity index (χ0n) is 9.16. The van der Waals surface area contributed by atoms with E-state index in [1.807, 2.05) is 7.11 Å². The summed E-state index contributed by atoms with van der Waals surface area (Å²) in [4.78, 5) is 0. The molecule has 0 aliphatic carbocycles. The highest BCUT2D eigenvalue weighted by Crippen LogP contribution is 2.43. The van der Waals surface area contributed by atoms with Crippen molar-refractivity contribution >= 4 is 8.30 Å². The molecule has 0 fully saturated rings. The second-order valence-electron chi connectivity index (χ2n) is 3.42. The first kappa shape index (κ1) is 12.3. The third kappa shape index (κ3) is 3.38. The van der Waals surface area contributed by atoms with Crippen molar-refractivity contribution in [1.29, 1.82) is 0 Å². The van der Waals surface area contributed by atoms with Gasteiger partial charge in [-0.3, -0.25) is 4.67 Å². The van der Waals surface area contributed by atoms with Gasteiger partial charge in [0.2, 0.25) is 0 Å². The molecule has 0 amide bonds. The first-order valence-electron chi connectivity index (χ1n) is 4.64. The maximum atomic E-state index is 5.47. The normalized spacial score (nSPS) is 14.8. The number of hydrogen-bond acceptors (Lipinski definition) is 2. The van der Waals surface area contributed by atoms with E-state index < -0.39 is 0 Å². The molecule has 0 bridgehead atoms. The lowest BCUT2D eigenvalue weighted by Gasteiger charge is -2.35. The van der Waals surface area contributed by atoms with Crippen molar-refractivity contribution in [1.82, 2.24) is 4.67 Å². The minimum atomic E-state index is -0.365. The third-order valence-corrected chi connectivity index (χ3v) is 4.20. The standard InChI is InChI=1S/C9H22NOP/c1-7-12(11-6)10(8(2)3)9(4)5/h8-9H,7H2,1-6H3. The highest BCUT2D eigenvalue weighted by molar-refractivity contribution is 7.49. The number of rotatable bonds is 5. The van der Waals surface area contributed by atoms with Gasteiger partial charge in [-0.15, -0.1) is 0 Å². The summed E-state index contributed by atoms with van der Waals surface area (Å²) < 4.78 is 7.93. The molecule has 74 valence electrons. The van der Waals surface area contributed by atoms with Crippen LogP contribution in [0, 0.1) is 0 Å². The minimum Gasteiger partial charge on any atom is -0.347 e. The maximum absolute atomic E-state index is 5.47. The van der Waals surface area contributed by atoms with Crippen molar-refractivity contribution < 1.29 is 4.52 Å². The molecular formula is C9H22NOP. The Labute approximate surface area is 78.2 Å². The molecule has 3 heteroatoms. The van der Waals surface area contributed by atoms with Crippen LogP contribution < -0.4 is 0 Å². The Hall–Kier alpha value is 0.350. The van der Waals surface area contributed by atoms with Crippen LogP contribution in [0.15, 0.2) is 0 Å². The zero-order valence-corrected chi connectivity index (χ0v) is 10.1. The molecule has 0 radical (unpaired) electrons. The lowest BCUT2D eigenvalue weighted by molar-refractivity contribution is 0.280. The summed E-state index contributed by atoms with van der Waals surface area (Å²) in [5.74, 6) is 0. The average Bonchev–Trinajstić information content (AvgIpc) is 1.98.